The number of ether oxygens (including phenoxy) is 1. The van der Waals surface area contributed by atoms with Crippen LogP contribution >= 0.6 is 0 Å². The summed E-state index contributed by atoms with van der Waals surface area (Å²) in [6, 6.07) is 11.5. The van der Waals surface area contributed by atoms with Crippen molar-refractivity contribution in [3.05, 3.63) is 53.9 Å². The Morgan fingerprint density at radius 3 is 2.43 bits per heavy atom. The number of para-hydroxylation sites is 1. The van der Waals surface area contributed by atoms with Crippen LogP contribution in [0.2, 0.25) is 0 Å². The number of halogens is 3. The first kappa shape index (κ1) is 23.0. The smallest absolute Gasteiger partial charge is 0.490 e. The number of alkyl halides is 3. The van der Waals surface area contributed by atoms with E-state index in [1.54, 1.807) is 12.3 Å². The second-order valence-electron chi connectivity index (χ2n) is 6.58. The van der Waals surface area contributed by atoms with Gasteiger partial charge < -0.3 is 20.9 Å². The highest BCUT2D eigenvalue weighted by atomic mass is 19.4. The van der Waals surface area contributed by atoms with Crippen molar-refractivity contribution in [3.63, 3.8) is 0 Å². The average molecular weight is 425 g/mol. The minimum Gasteiger partial charge on any atom is -0.490 e. The molecule has 30 heavy (non-hydrogen) atoms. The third kappa shape index (κ3) is 7.26. The van der Waals surface area contributed by atoms with Gasteiger partial charge in [-0.25, -0.2) is 4.79 Å². The van der Waals surface area contributed by atoms with Gasteiger partial charge in [0, 0.05) is 24.0 Å². The van der Waals surface area contributed by atoms with Crippen molar-refractivity contribution in [2.75, 3.05) is 5.32 Å². The molecule has 0 spiro atoms. The normalized spacial score (nSPS) is 13.8. The van der Waals surface area contributed by atoms with Gasteiger partial charge in [0.15, 0.2) is 0 Å². The first-order valence-corrected chi connectivity index (χ1v) is 9.21. The van der Waals surface area contributed by atoms with E-state index in [1.165, 1.54) is 12.8 Å². The summed E-state index contributed by atoms with van der Waals surface area (Å²) in [4.78, 5) is 24.0. The molecule has 0 saturated heterocycles. The fraction of sp³-hybridized carbons (Fsp3) is 0.350. The van der Waals surface area contributed by atoms with Crippen molar-refractivity contribution in [2.24, 2.45) is 5.73 Å². The molecule has 10 heteroatoms. The summed E-state index contributed by atoms with van der Waals surface area (Å²) in [6.45, 7) is 0.616. The van der Waals surface area contributed by atoms with Crippen molar-refractivity contribution in [1.82, 2.24) is 4.98 Å². The molecule has 1 aliphatic rings. The quantitative estimate of drug-likeness (QED) is 0.650. The lowest BCUT2D eigenvalue weighted by atomic mass is 10.2. The number of nitrogens with two attached hydrogens (primary N) is 1. The summed E-state index contributed by atoms with van der Waals surface area (Å²) in [5.41, 5.74) is 7.42. The van der Waals surface area contributed by atoms with Gasteiger partial charge in [-0.2, -0.15) is 13.2 Å². The Kier molecular flexibility index (Phi) is 8.02. The van der Waals surface area contributed by atoms with Crippen molar-refractivity contribution in [2.45, 2.75) is 44.5 Å². The molecular formula is C20H22F3N3O4. The predicted molar refractivity (Wildman–Crippen MR) is 103 cm³/mol. The summed E-state index contributed by atoms with van der Waals surface area (Å²) in [5.74, 6) is -2.36. The molecule has 0 aliphatic heterocycles. The number of aromatic nitrogens is 1. The Hall–Kier alpha value is -3.30. The van der Waals surface area contributed by atoms with Crippen LogP contribution in [0.1, 0.15) is 41.7 Å². The third-order valence-corrected chi connectivity index (χ3v) is 4.31. The van der Waals surface area contributed by atoms with Crippen LogP contribution in [0.15, 0.2) is 42.6 Å². The highest BCUT2D eigenvalue weighted by Gasteiger charge is 2.38. The number of carboxylic acids is 1. The zero-order chi connectivity index (χ0) is 22.1. The standard InChI is InChI=1S/C18H21N3O2.C2HF3O2/c19-18(22)16-11-14(9-10-20-16)21-12-13-5-1-4-8-17(13)23-15-6-2-3-7-15;3-2(4,5)1(6)7/h1,4-5,8-11,15H,2-3,6-7,12H2,(H2,19,22)(H,20,21);(H,6,7). The zero-order valence-electron chi connectivity index (χ0n) is 16.0. The number of benzene rings is 1. The van der Waals surface area contributed by atoms with Crippen molar-refractivity contribution in [3.8, 4) is 5.75 Å². The molecule has 162 valence electrons. The Balaban J connectivity index is 0.000000396. The van der Waals surface area contributed by atoms with Crippen molar-refractivity contribution < 1.29 is 32.6 Å². The number of hydrogen-bond acceptors (Lipinski definition) is 5. The number of carbonyl (C=O) groups is 2. The Morgan fingerprint density at radius 2 is 1.83 bits per heavy atom. The van der Waals surface area contributed by atoms with E-state index in [0.717, 1.165) is 29.8 Å². The maximum Gasteiger partial charge on any atom is 0.490 e. The second kappa shape index (κ2) is 10.5. The molecule has 0 unspecified atom stereocenters. The van der Waals surface area contributed by atoms with E-state index in [1.807, 2.05) is 30.3 Å². The van der Waals surface area contributed by atoms with Gasteiger partial charge in [0.05, 0.1) is 6.10 Å². The molecule has 0 atom stereocenters. The van der Waals surface area contributed by atoms with E-state index in [-0.39, 0.29) is 5.69 Å². The number of carboxylic acid groups (broad SMARTS) is 1. The Bertz CT molecular complexity index is 868. The molecule has 1 aromatic heterocycles. The number of anilines is 1. The largest absolute Gasteiger partial charge is 0.490 e. The van der Waals surface area contributed by atoms with Crippen LogP contribution in [0.5, 0.6) is 5.75 Å². The molecule has 2 aromatic rings. The number of hydrogen-bond donors (Lipinski definition) is 3. The summed E-state index contributed by atoms with van der Waals surface area (Å²) in [7, 11) is 0. The van der Waals surface area contributed by atoms with Crippen molar-refractivity contribution >= 4 is 17.6 Å². The average Bonchev–Trinajstić information content (AvgIpc) is 3.20. The molecule has 1 aromatic carbocycles. The first-order valence-electron chi connectivity index (χ1n) is 9.21. The molecule has 1 aliphatic carbocycles. The van der Waals surface area contributed by atoms with Gasteiger partial charge in [0.1, 0.15) is 11.4 Å². The van der Waals surface area contributed by atoms with E-state index < -0.39 is 18.1 Å². The third-order valence-electron chi connectivity index (χ3n) is 4.31. The predicted octanol–water partition coefficient (Wildman–Crippen LogP) is 3.75. The number of primary amides is 1. The number of rotatable bonds is 6. The van der Waals surface area contributed by atoms with Gasteiger partial charge >= 0.3 is 12.1 Å². The lowest BCUT2D eigenvalue weighted by Gasteiger charge is -2.17. The lowest BCUT2D eigenvalue weighted by molar-refractivity contribution is -0.192. The van der Waals surface area contributed by atoms with Gasteiger partial charge in [-0.15, -0.1) is 0 Å². The zero-order valence-corrected chi connectivity index (χ0v) is 16.0. The lowest BCUT2D eigenvalue weighted by Crippen LogP contribution is -2.21. The molecule has 1 heterocycles. The number of amides is 1. The Morgan fingerprint density at radius 1 is 1.20 bits per heavy atom. The summed E-state index contributed by atoms with van der Waals surface area (Å²) < 4.78 is 37.9. The molecular weight excluding hydrogens is 403 g/mol. The van der Waals surface area contributed by atoms with Gasteiger partial charge in [-0.05, 0) is 43.9 Å². The summed E-state index contributed by atoms with van der Waals surface area (Å²) in [5, 5.41) is 10.4. The van der Waals surface area contributed by atoms with E-state index in [9.17, 15) is 18.0 Å². The molecule has 0 radical (unpaired) electrons. The van der Waals surface area contributed by atoms with Crippen LogP contribution in [0.25, 0.3) is 0 Å². The molecule has 4 N–H and O–H groups in total. The maximum absolute atomic E-state index is 11.2. The van der Waals surface area contributed by atoms with E-state index in [4.69, 9.17) is 20.4 Å². The Labute approximate surface area is 171 Å². The van der Waals surface area contributed by atoms with Crippen LogP contribution in [-0.2, 0) is 11.3 Å². The van der Waals surface area contributed by atoms with Gasteiger partial charge in [-0.1, -0.05) is 18.2 Å². The monoisotopic (exact) mass is 425 g/mol. The summed E-state index contributed by atoms with van der Waals surface area (Å²) in [6.07, 6.45) is 1.58. The van der Waals surface area contributed by atoms with Crippen LogP contribution in [0, 0.1) is 0 Å². The van der Waals surface area contributed by atoms with Crippen LogP contribution < -0.4 is 15.8 Å². The highest BCUT2D eigenvalue weighted by Crippen LogP contribution is 2.27. The minimum atomic E-state index is -5.08. The van der Waals surface area contributed by atoms with Crippen LogP contribution in [0.3, 0.4) is 0 Å². The molecule has 1 amide bonds. The number of nitrogens with zero attached hydrogens (tertiary/aromatic N) is 1. The van der Waals surface area contributed by atoms with Crippen molar-refractivity contribution in [1.29, 1.82) is 0 Å². The van der Waals surface area contributed by atoms with Crippen LogP contribution in [0.4, 0.5) is 18.9 Å². The molecule has 1 saturated carbocycles. The highest BCUT2D eigenvalue weighted by molar-refractivity contribution is 5.91. The van der Waals surface area contributed by atoms with Crippen LogP contribution in [-0.4, -0.2) is 34.2 Å². The minimum absolute atomic E-state index is 0.255. The van der Waals surface area contributed by atoms with Gasteiger partial charge in [-0.3, -0.25) is 9.78 Å². The van der Waals surface area contributed by atoms with E-state index >= 15 is 0 Å². The molecule has 0 bridgehead atoms. The topological polar surface area (TPSA) is 115 Å². The molecule has 3 rings (SSSR count). The number of carbonyl (C=O) groups excluding carboxylic acids is 1. The fourth-order valence-corrected chi connectivity index (χ4v) is 2.82. The summed E-state index contributed by atoms with van der Waals surface area (Å²) >= 11 is 0. The van der Waals surface area contributed by atoms with E-state index in [2.05, 4.69) is 10.3 Å². The molecule has 7 nitrogen and oxygen atoms in total. The number of nitrogens with one attached hydrogen (secondary N) is 1. The SMILES string of the molecule is NC(=O)c1cc(NCc2ccccc2OC2CCCC2)ccn1.O=C(O)C(F)(F)F. The maximum atomic E-state index is 11.2. The second-order valence-corrected chi connectivity index (χ2v) is 6.58. The fourth-order valence-electron chi connectivity index (χ4n) is 2.82. The number of pyridine rings is 1. The van der Waals surface area contributed by atoms with E-state index in [0.29, 0.717) is 12.6 Å². The number of aliphatic carboxylic acids is 1. The van der Waals surface area contributed by atoms with Gasteiger partial charge in [0.25, 0.3) is 5.91 Å². The molecule has 1 fully saturated rings. The first-order chi connectivity index (χ1) is 14.2. The van der Waals surface area contributed by atoms with Gasteiger partial charge in [0.2, 0.25) is 0 Å².